The lowest BCUT2D eigenvalue weighted by Crippen LogP contribution is -2.30. The zero-order valence-electron chi connectivity index (χ0n) is 13.8. The molecule has 3 heteroatoms. The highest BCUT2D eigenvalue weighted by molar-refractivity contribution is 6.06. The molecule has 0 spiro atoms. The first kappa shape index (κ1) is 14.5. The van der Waals surface area contributed by atoms with Gasteiger partial charge in [-0.15, -0.1) is 0 Å². The molecule has 0 saturated heterocycles. The van der Waals surface area contributed by atoms with Crippen LogP contribution in [0, 0.1) is 0 Å². The number of benzene rings is 3. The van der Waals surface area contributed by atoms with Gasteiger partial charge in [0, 0.05) is 12.1 Å². The molecule has 0 aliphatic rings. The van der Waals surface area contributed by atoms with Crippen molar-refractivity contribution in [3.05, 3.63) is 72.8 Å². The summed E-state index contributed by atoms with van der Waals surface area (Å²) < 4.78 is 7.73. The van der Waals surface area contributed by atoms with Crippen molar-refractivity contribution >= 4 is 33.2 Å². The first-order valence-corrected chi connectivity index (χ1v) is 7.99. The summed E-state index contributed by atoms with van der Waals surface area (Å²) in [6.45, 7) is 0. The maximum Gasteiger partial charge on any atom is 0.214 e. The van der Waals surface area contributed by atoms with E-state index in [2.05, 4.69) is 65.5 Å². The van der Waals surface area contributed by atoms with Gasteiger partial charge < -0.3 is 10.1 Å². The number of anilines is 2. The van der Waals surface area contributed by atoms with Gasteiger partial charge in [-0.2, -0.15) is 4.57 Å². The van der Waals surface area contributed by atoms with E-state index in [1.54, 1.807) is 7.11 Å². The van der Waals surface area contributed by atoms with Gasteiger partial charge in [0.25, 0.3) is 0 Å². The van der Waals surface area contributed by atoms with Crippen molar-refractivity contribution in [1.82, 2.24) is 0 Å². The van der Waals surface area contributed by atoms with Gasteiger partial charge in [-0.05, 0) is 24.3 Å². The Hall–Kier alpha value is -3.07. The minimum Gasteiger partial charge on any atom is -0.495 e. The molecular formula is C21H19N2O+. The third-order valence-corrected chi connectivity index (χ3v) is 4.44. The van der Waals surface area contributed by atoms with Crippen molar-refractivity contribution in [3.63, 3.8) is 0 Å². The van der Waals surface area contributed by atoms with Crippen LogP contribution in [-0.2, 0) is 7.05 Å². The summed E-state index contributed by atoms with van der Waals surface area (Å²) in [4.78, 5) is 0. The van der Waals surface area contributed by atoms with Gasteiger partial charge in [0.15, 0.2) is 0 Å². The second-order valence-electron chi connectivity index (χ2n) is 5.79. The van der Waals surface area contributed by atoms with E-state index in [9.17, 15) is 0 Å². The molecule has 1 N–H and O–H groups in total. The SMILES string of the molecule is COc1ccccc1Nc1c2ccccc2[n+](C)c2ccccc12. The number of aromatic nitrogens is 1. The lowest BCUT2D eigenvalue weighted by molar-refractivity contribution is -0.617. The number of nitrogens with zero attached hydrogens (tertiary/aromatic N) is 1. The predicted octanol–water partition coefficient (Wildman–Crippen LogP) is 4.57. The fourth-order valence-electron chi connectivity index (χ4n) is 3.25. The van der Waals surface area contributed by atoms with E-state index in [4.69, 9.17) is 4.74 Å². The predicted molar refractivity (Wildman–Crippen MR) is 98.9 cm³/mol. The first-order chi connectivity index (χ1) is 11.8. The molecular weight excluding hydrogens is 296 g/mol. The summed E-state index contributed by atoms with van der Waals surface area (Å²) in [7, 11) is 3.80. The molecule has 0 amide bonds. The summed E-state index contributed by atoms with van der Waals surface area (Å²) in [5.41, 5.74) is 4.44. The monoisotopic (exact) mass is 315 g/mol. The van der Waals surface area contributed by atoms with Gasteiger partial charge in [-0.1, -0.05) is 36.4 Å². The van der Waals surface area contributed by atoms with Crippen LogP contribution in [0.3, 0.4) is 0 Å². The number of ether oxygens (including phenoxy) is 1. The molecule has 3 aromatic carbocycles. The van der Waals surface area contributed by atoms with Crippen molar-refractivity contribution in [2.75, 3.05) is 12.4 Å². The highest BCUT2D eigenvalue weighted by atomic mass is 16.5. The number of pyridine rings is 1. The van der Waals surface area contributed by atoms with Gasteiger partial charge >= 0.3 is 0 Å². The van der Waals surface area contributed by atoms with Crippen molar-refractivity contribution < 1.29 is 9.30 Å². The normalized spacial score (nSPS) is 10.9. The Balaban J connectivity index is 2.04. The lowest BCUT2D eigenvalue weighted by atomic mass is 10.1. The van der Waals surface area contributed by atoms with Crippen LogP contribution in [0.15, 0.2) is 72.8 Å². The van der Waals surface area contributed by atoms with Crippen LogP contribution >= 0.6 is 0 Å². The van der Waals surface area contributed by atoms with Gasteiger partial charge in [-0.3, -0.25) is 0 Å². The Kier molecular flexibility index (Phi) is 3.54. The molecule has 4 rings (SSSR count). The molecule has 0 bridgehead atoms. The Morgan fingerprint density at radius 3 is 1.92 bits per heavy atom. The number of para-hydroxylation sites is 4. The van der Waals surface area contributed by atoms with E-state index in [1.807, 2.05) is 24.3 Å². The maximum atomic E-state index is 5.50. The topological polar surface area (TPSA) is 25.1 Å². The van der Waals surface area contributed by atoms with Crippen molar-refractivity contribution in [2.24, 2.45) is 7.05 Å². The van der Waals surface area contributed by atoms with E-state index >= 15 is 0 Å². The molecule has 0 unspecified atom stereocenters. The quantitative estimate of drug-likeness (QED) is 0.442. The summed E-state index contributed by atoms with van der Waals surface area (Å²) in [5, 5.41) is 5.97. The van der Waals surface area contributed by atoms with Crippen LogP contribution in [0.5, 0.6) is 5.75 Å². The van der Waals surface area contributed by atoms with E-state index < -0.39 is 0 Å². The molecule has 118 valence electrons. The highest BCUT2D eigenvalue weighted by Crippen LogP contribution is 2.34. The Bertz CT molecular complexity index is 983. The number of hydrogen-bond acceptors (Lipinski definition) is 2. The third-order valence-electron chi connectivity index (χ3n) is 4.44. The van der Waals surface area contributed by atoms with Crippen molar-refractivity contribution in [2.45, 2.75) is 0 Å². The van der Waals surface area contributed by atoms with Gasteiger partial charge in [0.1, 0.15) is 12.8 Å². The van der Waals surface area contributed by atoms with E-state index in [0.717, 1.165) is 17.1 Å². The number of nitrogens with one attached hydrogen (secondary N) is 1. The van der Waals surface area contributed by atoms with Crippen LogP contribution in [0.2, 0.25) is 0 Å². The molecule has 1 heterocycles. The average molecular weight is 315 g/mol. The second kappa shape index (κ2) is 5.85. The number of fused-ring (bicyclic) bond motifs is 2. The molecule has 0 aliphatic carbocycles. The average Bonchev–Trinajstić information content (AvgIpc) is 2.65. The van der Waals surface area contributed by atoms with Gasteiger partial charge in [-0.25, -0.2) is 0 Å². The molecule has 0 saturated carbocycles. The lowest BCUT2D eigenvalue weighted by Gasteiger charge is -2.14. The standard InChI is InChI=1S/C21H18N2O/c1-23-18-12-6-3-9-15(18)21(16-10-4-7-13-19(16)23)22-17-11-5-8-14-20(17)24-2/h3-14H,1-2H3/p+1. The minimum atomic E-state index is 0.832. The van der Waals surface area contributed by atoms with E-state index in [-0.39, 0.29) is 0 Å². The minimum absolute atomic E-state index is 0.832. The number of aryl methyl sites for hydroxylation is 1. The highest BCUT2D eigenvalue weighted by Gasteiger charge is 2.17. The number of hydrogen-bond donors (Lipinski definition) is 1. The largest absolute Gasteiger partial charge is 0.495 e. The fraction of sp³-hybridized carbons (Fsp3) is 0.0952. The molecule has 0 aliphatic heterocycles. The Morgan fingerprint density at radius 2 is 1.29 bits per heavy atom. The van der Waals surface area contributed by atoms with Crippen LogP contribution < -0.4 is 14.6 Å². The molecule has 0 atom stereocenters. The molecule has 3 nitrogen and oxygen atoms in total. The number of rotatable bonds is 3. The molecule has 0 radical (unpaired) electrons. The second-order valence-corrected chi connectivity index (χ2v) is 5.79. The molecule has 1 aromatic heterocycles. The zero-order chi connectivity index (χ0) is 16.5. The van der Waals surface area contributed by atoms with Crippen LogP contribution in [0.1, 0.15) is 0 Å². The third kappa shape index (κ3) is 2.26. The smallest absolute Gasteiger partial charge is 0.214 e. The van der Waals surface area contributed by atoms with Crippen molar-refractivity contribution in [1.29, 1.82) is 0 Å². The van der Waals surface area contributed by atoms with Crippen LogP contribution in [-0.4, -0.2) is 7.11 Å². The molecule has 0 fully saturated rings. The molecule has 24 heavy (non-hydrogen) atoms. The fourth-order valence-corrected chi connectivity index (χ4v) is 3.25. The Morgan fingerprint density at radius 1 is 0.750 bits per heavy atom. The van der Waals surface area contributed by atoms with Crippen molar-refractivity contribution in [3.8, 4) is 5.75 Å². The summed E-state index contributed by atoms with van der Waals surface area (Å²) in [6, 6.07) is 24.9. The van der Waals surface area contributed by atoms with Gasteiger partial charge in [0.05, 0.1) is 29.3 Å². The zero-order valence-corrected chi connectivity index (χ0v) is 13.8. The van der Waals surface area contributed by atoms with Crippen LogP contribution in [0.25, 0.3) is 21.8 Å². The van der Waals surface area contributed by atoms with Crippen LogP contribution in [0.4, 0.5) is 11.4 Å². The Labute approximate surface area is 141 Å². The first-order valence-electron chi connectivity index (χ1n) is 7.99. The maximum absolute atomic E-state index is 5.50. The van der Waals surface area contributed by atoms with E-state index in [0.29, 0.717) is 0 Å². The number of methoxy groups -OCH3 is 1. The summed E-state index contributed by atoms with van der Waals surface area (Å²) >= 11 is 0. The molecule has 4 aromatic rings. The van der Waals surface area contributed by atoms with Gasteiger partial charge in [0.2, 0.25) is 11.0 Å². The van der Waals surface area contributed by atoms with E-state index in [1.165, 1.54) is 21.8 Å². The summed E-state index contributed by atoms with van der Waals surface area (Å²) in [6.07, 6.45) is 0. The summed E-state index contributed by atoms with van der Waals surface area (Å²) in [5.74, 6) is 0.832.